The van der Waals surface area contributed by atoms with Gasteiger partial charge in [-0.05, 0) is 24.6 Å². The first-order valence-corrected chi connectivity index (χ1v) is 9.35. The van der Waals surface area contributed by atoms with Crippen molar-refractivity contribution in [2.75, 3.05) is 34.9 Å². The summed E-state index contributed by atoms with van der Waals surface area (Å²) in [6.07, 6.45) is 0.648. The molecule has 29 heavy (non-hydrogen) atoms. The molecule has 7 heteroatoms. The molecule has 0 aromatic heterocycles. The van der Waals surface area contributed by atoms with Gasteiger partial charge in [-0.25, -0.2) is 0 Å². The lowest BCUT2D eigenvalue weighted by Crippen LogP contribution is -2.30. The van der Waals surface area contributed by atoms with E-state index in [-0.39, 0.29) is 24.5 Å². The molecule has 0 heterocycles. The maximum absolute atomic E-state index is 12.9. The molecule has 0 aliphatic rings. The number of carbonyl (C=O) groups is 2. The Balaban J connectivity index is 2.22. The lowest BCUT2D eigenvalue weighted by atomic mass is 10.0. The van der Waals surface area contributed by atoms with E-state index in [4.69, 9.17) is 14.2 Å². The molecule has 156 valence electrons. The minimum atomic E-state index is -0.287. The van der Waals surface area contributed by atoms with Crippen LogP contribution in [0.5, 0.6) is 17.2 Å². The highest BCUT2D eigenvalue weighted by molar-refractivity contribution is 5.95. The third-order valence-electron chi connectivity index (χ3n) is 4.47. The van der Waals surface area contributed by atoms with Crippen LogP contribution in [-0.4, -0.2) is 51.6 Å². The SMILES string of the molecule is CCC(NC(=O)c1cc(OC)cc(OC)c1)c1ccccc1OCC(=O)N(C)C. The summed E-state index contributed by atoms with van der Waals surface area (Å²) in [7, 11) is 6.42. The van der Waals surface area contributed by atoms with Crippen molar-refractivity contribution >= 4 is 11.8 Å². The van der Waals surface area contributed by atoms with Crippen molar-refractivity contribution in [3.05, 3.63) is 53.6 Å². The molecule has 0 saturated carbocycles. The number of likely N-dealkylation sites (N-methyl/N-ethyl adjacent to an activating group) is 1. The summed E-state index contributed by atoms with van der Waals surface area (Å²) in [5.74, 6) is 1.24. The third kappa shape index (κ3) is 5.88. The summed E-state index contributed by atoms with van der Waals surface area (Å²) < 4.78 is 16.2. The second kappa shape index (κ2) is 10.4. The molecular weight excluding hydrogens is 372 g/mol. The number of hydrogen-bond donors (Lipinski definition) is 1. The molecule has 0 spiro atoms. The monoisotopic (exact) mass is 400 g/mol. The van der Waals surface area contributed by atoms with E-state index < -0.39 is 0 Å². The molecule has 2 aromatic carbocycles. The number of methoxy groups -OCH3 is 2. The van der Waals surface area contributed by atoms with Crippen LogP contribution in [0.2, 0.25) is 0 Å². The van der Waals surface area contributed by atoms with Gasteiger partial charge in [0.15, 0.2) is 6.61 Å². The molecule has 0 aliphatic heterocycles. The molecule has 1 atom stereocenters. The minimum absolute atomic E-state index is 0.0680. The van der Waals surface area contributed by atoms with Crippen LogP contribution in [0.25, 0.3) is 0 Å². The highest BCUT2D eigenvalue weighted by Gasteiger charge is 2.19. The topological polar surface area (TPSA) is 77.1 Å². The number of ether oxygens (including phenoxy) is 3. The maximum Gasteiger partial charge on any atom is 0.259 e. The van der Waals surface area contributed by atoms with Gasteiger partial charge in [0.1, 0.15) is 17.2 Å². The molecule has 0 aliphatic carbocycles. The van der Waals surface area contributed by atoms with E-state index in [1.165, 1.54) is 19.1 Å². The van der Waals surface area contributed by atoms with E-state index in [0.717, 1.165) is 5.56 Å². The first kappa shape index (κ1) is 22.1. The van der Waals surface area contributed by atoms with Crippen molar-refractivity contribution in [1.29, 1.82) is 0 Å². The normalized spacial score (nSPS) is 11.3. The van der Waals surface area contributed by atoms with E-state index >= 15 is 0 Å². The predicted molar refractivity (Wildman–Crippen MR) is 111 cm³/mol. The molecule has 1 unspecified atom stereocenters. The molecule has 0 radical (unpaired) electrons. The van der Waals surface area contributed by atoms with Crippen LogP contribution in [-0.2, 0) is 4.79 Å². The van der Waals surface area contributed by atoms with Crippen LogP contribution in [0.1, 0.15) is 35.3 Å². The van der Waals surface area contributed by atoms with Gasteiger partial charge in [-0.1, -0.05) is 25.1 Å². The molecule has 0 bridgehead atoms. The summed E-state index contributed by atoms with van der Waals surface area (Å²) in [5.41, 5.74) is 1.24. The zero-order valence-corrected chi connectivity index (χ0v) is 17.5. The Morgan fingerprint density at radius 2 is 1.66 bits per heavy atom. The molecule has 2 aromatic rings. The van der Waals surface area contributed by atoms with Crippen LogP contribution in [0.3, 0.4) is 0 Å². The lowest BCUT2D eigenvalue weighted by Gasteiger charge is -2.21. The largest absolute Gasteiger partial charge is 0.497 e. The van der Waals surface area contributed by atoms with Gasteiger partial charge in [0.2, 0.25) is 0 Å². The summed E-state index contributed by atoms with van der Waals surface area (Å²) in [4.78, 5) is 26.2. The Labute approximate surface area is 171 Å². The first-order valence-electron chi connectivity index (χ1n) is 9.35. The van der Waals surface area contributed by atoms with Crippen molar-refractivity contribution in [3.8, 4) is 17.2 Å². The lowest BCUT2D eigenvalue weighted by molar-refractivity contribution is -0.130. The Kier molecular flexibility index (Phi) is 7.88. The summed E-state index contributed by atoms with van der Waals surface area (Å²) in [5, 5.41) is 3.03. The Morgan fingerprint density at radius 1 is 1.03 bits per heavy atom. The zero-order chi connectivity index (χ0) is 21.4. The van der Waals surface area contributed by atoms with Crippen LogP contribution in [0, 0.1) is 0 Å². The molecule has 2 rings (SSSR count). The highest BCUT2D eigenvalue weighted by Crippen LogP contribution is 2.28. The van der Waals surface area contributed by atoms with E-state index in [1.54, 1.807) is 38.4 Å². The molecule has 1 N–H and O–H groups in total. The van der Waals surface area contributed by atoms with Gasteiger partial charge in [-0.15, -0.1) is 0 Å². The van der Waals surface area contributed by atoms with Gasteiger partial charge in [-0.3, -0.25) is 9.59 Å². The van der Waals surface area contributed by atoms with E-state index in [2.05, 4.69) is 5.32 Å². The number of nitrogens with one attached hydrogen (secondary N) is 1. The van der Waals surface area contributed by atoms with Crippen molar-refractivity contribution < 1.29 is 23.8 Å². The Morgan fingerprint density at radius 3 is 2.21 bits per heavy atom. The molecule has 7 nitrogen and oxygen atoms in total. The fourth-order valence-electron chi connectivity index (χ4n) is 2.75. The molecular formula is C22H28N2O5. The zero-order valence-electron chi connectivity index (χ0n) is 17.5. The van der Waals surface area contributed by atoms with Gasteiger partial charge < -0.3 is 24.4 Å². The van der Waals surface area contributed by atoms with Crippen molar-refractivity contribution in [2.45, 2.75) is 19.4 Å². The standard InChI is InChI=1S/C22H28N2O5/c1-6-19(18-9-7-8-10-20(18)29-14-21(25)24(2)3)23-22(26)15-11-16(27-4)13-17(12-15)28-5/h7-13,19H,6,14H2,1-5H3,(H,23,26). The van der Waals surface area contributed by atoms with Crippen molar-refractivity contribution in [3.63, 3.8) is 0 Å². The fraction of sp³-hybridized carbons (Fsp3) is 0.364. The number of carbonyl (C=O) groups excluding carboxylic acids is 2. The summed E-state index contributed by atoms with van der Waals surface area (Å²) in [6.45, 7) is 1.90. The number of amides is 2. The summed E-state index contributed by atoms with van der Waals surface area (Å²) >= 11 is 0. The average Bonchev–Trinajstić information content (AvgIpc) is 2.75. The van der Waals surface area contributed by atoms with Crippen molar-refractivity contribution in [2.24, 2.45) is 0 Å². The fourth-order valence-corrected chi connectivity index (χ4v) is 2.75. The first-order chi connectivity index (χ1) is 13.9. The Hall–Kier alpha value is -3.22. The highest BCUT2D eigenvalue weighted by atomic mass is 16.5. The van der Waals surface area contributed by atoms with Gasteiger partial charge in [0.05, 0.1) is 20.3 Å². The van der Waals surface area contributed by atoms with Crippen LogP contribution >= 0.6 is 0 Å². The number of hydrogen-bond acceptors (Lipinski definition) is 5. The second-order valence-electron chi connectivity index (χ2n) is 6.65. The van der Waals surface area contributed by atoms with Gasteiger partial charge in [0.25, 0.3) is 11.8 Å². The van der Waals surface area contributed by atoms with Crippen LogP contribution in [0.15, 0.2) is 42.5 Å². The molecule has 2 amide bonds. The second-order valence-corrected chi connectivity index (χ2v) is 6.65. The quantitative estimate of drug-likeness (QED) is 0.700. The van der Waals surface area contributed by atoms with Crippen LogP contribution in [0.4, 0.5) is 0 Å². The number of nitrogens with zero attached hydrogens (tertiary/aromatic N) is 1. The van der Waals surface area contributed by atoms with Crippen LogP contribution < -0.4 is 19.5 Å². The predicted octanol–water partition coefficient (Wildman–Crippen LogP) is 3.05. The minimum Gasteiger partial charge on any atom is -0.497 e. The Bertz CT molecular complexity index is 829. The number of rotatable bonds is 9. The van der Waals surface area contributed by atoms with Gasteiger partial charge in [0, 0.05) is 31.3 Å². The number of benzene rings is 2. The molecule has 0 fully saturated rings. The van der Waals surface area contributed by atoms with Gasteiger partial charge >= 0.3 is 0 Å². The summed E-state index contributed by atoms with van der Waals surface area (Å²) in [6, 6.07) is 12.1. The van der Waals surface area contributed by atoms with E-state index in [0.29, 0.717) is 29.2 Å². The van der Waals surface area contributed by atoms with E-state index in [1.807, 2.05) is 25.1 Å². The smallest absolute Gasteiger partial charge is 0.259 e. The van der Waals surface area contributed by atoms with Gasteiger partial charge in [-0.2, -0.15) is 0 Å². The van der Waals surface area contributed by atoms with E-state index in [9.17, 15) is 9.59 Å². The molecule has 0 saturated heterocycles. The maximum atomic E-state index is 12.9. The number of para-hydroxylation sites is 1. The average molecular weight is 400 g/mol. The van der Waals surface area contributed by atoms with Crippen molar-refractivity contribution in [1.82, 2.24) is 10.2 Å². The third-order valence-corrected chi connectivity index (χ3v) is 4.47.